The first kappa shape index (κ1) is 13.7. The van der Waals surface area contributed by atoms with E-state index in [1.807, 2.05) is 13.8 Å². The average molecular weight is 253 g/mol. The van der Waals surface area contributed by atoms with Gasteiger partial charge in [0, 0.05) is 28.2 Å². The molecule has 0 spiro atoms. The first-order chi connectivity index (χ1) is 7.80. The molecular formula is C12H15NO3S. The number of Topliss-reactive ketones (excluding diaryl/α,β-unsaturated/α-hetero) is 1. The lowest BCUT2D eigenvalue weighted by Gasteiger charge is -2.22. The van der Waals surface area contributed by atoms with Gasteiger partial charge in [0.05, 0.1) is 4.92 Å². The van der Waals surface area contributed by atoms with Crippen molar-refractivity contribution >= 4 is 23.2 Å². The van der Waals surface area contributed by atoms with E-state index in [9.17, 15) is 14.9 Å². The maximum absolute atomic E-state index is 11.1. The third kappa shape index (κ3) is 4.56. The molecule has 0 aliphatic rings. The van der Waals surface area contributed by atoms with Crippen molar-refractivity contribution in [2.45, 2.75) is 36.8 Å². The minimum atomic E-state index is -0.421. The largest absolute Gasteiger partial charge is 0.300 e. The number of nitro groups is 1. The standard InChI is InChI=1S/C12H15NO3S/c1-9(14)8-12(2,3)17-11-6-4-10(5-7-11)13(15)16/h4-7H,8H2,1-3H3. The van der Waals surface area contributed by atoms with Gasteiger partial charge in [0.25, 0.3) is 5.69 Å². The molecule has 0 aliphatic heterocycles. The summed E-state index contributed by atoms with van der Waals surface area (Å²) in [4.78, 5) is 22.1. The van der Waals surface area contributed by atoms with Gasteiger partial charge in [0.15, 0.2) is 0 Å². The number of benzene rings is 1. The van der Waals surface area contributed by atoms with Crippen LogP contribution in [0, 0.1) is 10.1 Å². The number of carbonyl (C=O) groups excluding carboxylic acids is 1. The van der Waals surface area contributed by atoms with Crippen LogP contribution >= 0.6 is 11.8 Å². The molecule has 0 fully saturated rings. The molecule has 0 bridgehead atoms. The summed E-state index contributed by atoms with van der Waals surface area (Å²) in [5, 5.41) is 10.5. The van der Waals surface area contributed by atoms with Gasteiger partial charge in [0.2, 0.25) is 0 Å². The second kappa shape index (κ2) is 5.31. The second-order valence-electron chi connectivity index (χ2n) is 4.49. The predicted octanol–water partition coefficient (Wildman–Crippen LogP) is 3.44. The Hall–Kier alpha value is -1.36. The number of nitro benzene ring substituents is 1. The summed E-state index contributed by atoms with van der Waals surface area (Å²) in [6.45, 7) is 5.54. The molecule has 0 aliphatic carbocycles. The summed E-state index contributed by atoms with van der Waals surface area (Å²) in [7, 11) is 0. The first-order valence-corrected chi connectivity index (χ1v) is 6.05. The van der Waals surface area contributed by atoms with Gasteiger partial charge in [-0.05, 0) is 32.9 Å². The van der Waals surface area contributed by atoms with Crippen molar-refractivity contribution in [2.75, 3.05) is 0 Å². The van der Waals surface area contributed by atoms with Crippen LogP contribution in [0.4, 0.5) is 5.69 Å². The molecule has 0 aromatic heterocycles. The maximum atomic E-state index is 11.1. The Bertz CT molecular complexity index is 426. The number of non-ortho nitro benzene ring substituents is 1. The molecular weight excluding hydrogens is 238 g/mol. The summed E-state index contributed by atoms with van der Waals surface area (Å²) in [6.07, 6.45) is 0.481. The van der Waals surface area contributed by atoms with Gasteiger partial charge in [-0.25, -0.2) is 0 Å². The molecule has 0 atom stereocenters. The third-order valence-electron chi connectivity index (χ3n) is 2.12. The van der Waals surface area contributed by atoms with Crippen LogP contribution in [0.5, 0.6) is 0 Å². The van der Waals surface area contributed by atoms with Crippen LogP contribution in [0.15, 0.2) is 29.2 Å². The zero-order valence-electron chi connectivity index (χ0n) is 10.1. The lowest BCUT2D eigenvalue weighted by molar-refractivity contribution is -0.384. The third-order valence-corrected chi connectivity index (χ3v) is 3.32. The number of carbonyl (C=O) groups is 1. The molecule has 92 valence electrons. The normalized spacial score (nSPS) is 11.2. The van der Waals surface area contributed by atoms with E-state index in [0.717, 1.165) is 4.90 Å². The lowest BCUT2D eigenvalue weighted by Crippen LogP contribution is -2.18. The maximum Gasteiger partial charge on any atom is 0.269 e. The SMILES string of the molecule is CC(=O)CC(C)(C)Sc1ccc([N+](=O)[O-])cc1. The van der Waals surface area contributed by atoms with E-state index in [1.165, 1.54) is 12.1 Å². The highest BCUT2D eigenvalue weighted by atomic mass is 32.2. The van der Waals surface area contributed by atoms with Gasteiger partial charge >= 0.3 is 0 Å². The second-order valence-corrected chi connectivity index (χ2v) is 6.27. The van der Waals surface area contributed by atoms with Crippen molar-refractivity contribution < 1.29 is 9.72 Å². The summed E-state index contributed by atoms with van der Waals surface area (Å²) in [5.41, 5.74) is 0.0822. The number of thioether (sulfide) groups is 1. The number of rotatable bonds is 5. The highest BCUT2D eigenvalue weighted by molar-refractivity contribution is 8.00. The minimum Gasteiger partial charge on any atom is -0.300 e. The van der Waals surface area contributed by atoms with Crippen LogP contribution in [0.2, 0.25) is 0 Å². The highest BCUT2D eigenvalue weighted by Crippen LogP contribution is 2.35. The molecule has 0 saturated carbocycles. The van der Waals surface area contributed by atoms with Crippen LogP contribution in [-0.4, -0.2) is 15.5 Å². The topological polar surface area (TPSA) is 60.2 Å². The van der Waals surface area contributed by atoms with Crippen molar-refractivity contribution in [1.29, 1.82) is 0 Å². The minimum absolute atomic E-state index is 0.0822. The van der Waals surface area contributed by atoms with Crippen LogP contribution in [0.25, 0.3) is 0 Å². The smallest absolute Gasteiger partial charge is 0.269 e. The highest BCUT2D eigenvalue weighted by Gasteiger charge is 2.21. The monoisotopic (exact) mass is 253 g/mol. The van der Waals surface area contributed by atoms with Gasteiger partial charge in [-0.3, -0.25) is 14.9 Å². The number of ketones is 1. The van der Waals surface area contributed by atoms with Crippen LogP contribution < -0.4 is 0 Å². The molecule has 0 saturated heterocycles. The van der Waals surface area contributed by atoms with E-state index in [4.69, 9.17) is 0 Å². The number of hydrogen-bond donors (Lipinski definition) is 0. The zero-order valence-corrected chi connectivity index (χ0v) is 10.9. The molecule has 1 rings (SSSR count). The molecule has 17 heavy (non-hydrogen) atoms. The molecule has 0 unspecified atom stereocenters. The molecule has 0 heterocycles. The molecule has 0 amide bonds. The van der Waals surface area contributed by atoms with Crippen molar-refractivity contribution in [1.82, 2.24) is 0 Å². The number of hydrogen-bond acceptors (Lipinski definition) is 4. The van der Waals surface area contributed by atoms with E-state index in [2.05, 4.69) is 0 Å². The van der Waals surface area contributed by atoms with E-state index in [-0.39, 0.29) is 16.2 Å². The van der Waals surface area contributed by atoms with Gasteiger partial charge in [-0.15, -0.1) is 11.8 Å². The van der Waals surface area contributed by atoms with E-state index in [1.54, 1.807) is 30.8 Å². The summed E-state index contributed by atoms with van der Waals surface area (Å²) in [5.74, 6) is 0.143. The van der Waals surface area contributed by atoms with Crippen molar-refractivity contribution in [3.63, 3.8) is 0 Å². The van der Waals surface area contributed by atoms with E-state index in [0.29, 0.717) is 6.42 Å². The zero-order chi connectivity index (χ0) is 13.1. The molecule has 4 nitrogen and oxygen atoms in total. The van der Waals surface area contributed by atoms with E-state index < -0.39 is 4.92 Å². The summed E-state index contributed by atoms with van der Waals surface area (Å²) < 4.78 is -0.192. The van der Waals surface area contributed by atoms with Gasteiger partial charge in [-0.2, -0.15) is 0 Å². The molecule has 0 N–H and O–H groups in total. The lowest BCUT2D eigenvalue weighted by atomic mass is 10.1. The van der Waals surface area contributed by atoms with Crippen LogP contribution in [0.3, 0.4) is 0 Å². The van der Waals surface area contributed by atoms with E-state index >= 15 is 0 Å². The van der Waals surface area contributed by atoms with Gasteiger partial charge in [0.1, 0.15) is 5.78 Å². The fourth-order valence-electron chi connectivity index (χ4n) is 1.59. The molecule has 0 radical (unpaired) electrons. The Balaban J connectivity index is 2.75. The summed E-state index contributed by atoms with van der Waals surface area (Å²) >= 11 is 1.55. The van der Waals surface area contributed by atoms with Crippen molar-refractivity contribution in [3.05, 3.63) is 34.4 Å². The van der Waals surface area contributed by atoms with Gasteiger partial charge in [-0.1, -0.05) is 0 Å². The van der Waals surface area contributed by atoms with Crippen LogP contribution in [0.1, 0.15) is 27.2 Å². The summed E-state index contributed by atoms with van der Waals surface area (Å²) in [6, 6.07) is 6.38. The van der Waals surface area contributed by atoms with Crippen LogP contribution in [-0.2, 0) is 4.79 Å². The first-order valence-electron chi connectivity index (χ1n) is 5.23. The Labute approximate surface area is 105 Å². The van der Waals surface area contributed by atoms with Crippen molar-refractivity contribution in [3.8, 4) is 0 Å². The fraction of sp³-hybridized carbons (Fsp3) is 0.417. The fourth-order valence-corrected chi connectivity index (χ4v) is 2.78. The predicted molar refractivity (Wildman–Crippen MR) is 68.3 cm³/mol. The van der Waals surface area contributed by atoms with Gasteiger partial charge < -0.3 is 0 Å². The molecule has 5 heteroatoms. The number of nitrogens with zero attached hydrogens (tertiary/aromatic N) is 1. The Morgan fingerprint density at radius 2 is 1.88 bits per heavy atom. The Kier molecular flexibility index (Phi) is 4.28. The quantitative estimate of drug-likeness (QED) is 0.458. The van der Waals surface area contributed by atoms with Crippen molar-refractivity contribution in [2.24, 2.45) is 0 Å². The molecule has 1 aromatic carbocycles. The average Bonchev–Trinajstić information content (AvgIpc) is 2.15. The Morgan fingerprint density at radius 1 is 1.35 bits per heavy atom. The Morgan fingerprint density at radius 3 is 2.29 bits per heavy atom. The molecule has 1 aromatic rings.